The quantitative estimate of drug-likeness (QED) is 0.193. The van der Waals surface area contributed by atoms with Crippen LogP contribution in [0, 0.1) is 17.3 Å². The van der Waals surface area contributed by atoms with Crippen LogP contribution >= 0.6 is 0 Å². The van der Waals surface area contributed by atoms with Crippen molar-refractivity contribution in [1.82, 2.24) is 15.5 Å². The van der Waals surface area contributed by atoms with Crippen LogP contribution in [0.4, 0.5) is 4.79 Å². The largest absolute Gasteiger partial charge is 0.479 e. The van der Waals surface area contributed by atoms with Crippen LogP contribution in [0.15, 0.2) is 48.1 Å². The minimum absolute atomic E-state index is 0.0253. The zero-order valence-electron chi connectivity index (χ0n) is 26.4. The molecule has 2 saturated carbocycles. The van der Waals surface area contributed by atoms with Crippen LogP contribution in [0.5, 0.6) is 0 Å². The molecule has 3 N–H and O–H groups in total. The number of oxime groups is 1. The van der Waals surface area contributed by atoms with E-state index in [1.54, 1.807) is 0 Å². The Morgan fingerprint density at radius 3 is 2.32 bits per heavy atom. The molecule has 11 heteroatoms. The minimum Gasteiger partial charge on any atom is -0.479 e. The van der Waals surface area contributed by atoms with Gasteiger partial charge in [-0.15, -0.1) is 6.58 Å². The summed E-state index contributed by atoms with van der Waals surface area (Å²) < 4.78 is 5.58. The van der Waals surface area contributed by atoms with Gasteiger partial charge in [-0.1, -0.05) is 76.2 Å². The van der Waals surface area contributed by atoms with Gasteiger partial charge >= 0.3 is 12.1 Å². The molecule has 2 aliphatic carbocycles. The number of carboxylic acids is 1. The number of carbonyl (C=O) groups is 4. The Bertz CT molecular complexity index is 1270. The molecule has 3 amide bonds. The van der Waals surface area contributed by atoms with Crippen LogP contribution in [0.1, 0.15) is 78.7 Å². The van der Waals surface area contributed by atoms with Crippen molar-refractivity contribution in [2.45, 2.75) is 103 Å². The zero-order valence-corrected chi connectivity index (χ0v) is 26.4. The number of hydrogen-bond acceptors (Lipinski definition) is 7. The van der Waals surface area contributed by atoms with Crippen molar-refractivity contribution in [3.05, 3.63) is 48.6 Å². The molecule has 1 saturated heterocycles. The van der Waals surface area contributed by atoms with Gasteiger partial charge in [-0.25, -0.2) is 9.59 Å². The van der Waals surface area contributed by atoms with Crippen molar-refractivity contribution in [2.24, 2.45) is 22.4 Å². The molecule has 4 rings (SSSR count). The highest BCUT2D eigenvalue weighted by Gasteiger charge is 2.61. The molecule has 0 radical (unpaired) electrons. The molecule has 0 spiro atoms. The predicted molar refractivity (Wildman–Crippen MR) is 165 cm³/mol. The Balaban J connectivity index is 1.58. The predicted octanol–water partition coefficient (Wildman–Crippen LogP) is 4.26. The Morgan fingerprint density at radius 1 is 1.11 bits per heavy atom. The summed E-state index contributed by atoms with van der Waals surface area (Å²) in [4.78, 5) is 60.2. The molecule has 44 heavy (non-hydrogen) atoms. The van der Waals surface area contributed by atoms with E-state index in [-0.39, 0.29) is 31.4 Å². The van der Waals surface area contributed by atoms with E-state index in [1.807, 2.05) is 65.0 Å². The normalized spacial score (nSPS) is 26.2. The molecule has 0 aromatic heterocycles. The third-order valence-corrected chi connectivity index (χ3v) is 8.74. The number of benzene rings is 1. The lowest BCUT2D eigenvalue weighted by atomic mass is 9.85. The maximum absolute atomic E-state index is 14.2. The smallest absolute Gasteiger partial charge is 0.408 e. The second-order valence-electron chi connectivity index (χ2n) is 13.5. The first-order chi connectivity index (χ1) is 20.8. The zero-order chi connectivity index (χ0) is 32.2. The average Bonchev–Trinajstić information content (AvgIpc) is 3.24. The molecule has 3 aliphatic rings. The Hall–Kier alpha value is -3.89. The van der Waals surface area contributed by atoms with Crippen molar-refractivity contribution in [3.8, 4) is 0 Å². The van der Waals surface area contributed by atoms with Gasteiger partial charge < -0.3 is 30.2 Å². The maximum Gasteiger partial charge on any atom is 0.408 e. The fraction of sp³-hybridized carbons (Fsp3) is 0.606. The third-order valence-electron chi connectivity index (χ3n) is 8.74. The van der Waals surface area contributed by atoms with E-state index in [4.69, 9.17) is 9.57 Å². The Labute approximate surface area is 259 Å². The first-order valence-corrected chi connectivity index (χ1v) is 15.5. The molecule has 1 heterocycles. The van der Waals surface area contributed by atoms with E-state index >= 15 is 0 Å². The summed E-state index contributed by atoms with van der Waals surface area (Å²) in [6.07, 6.45) is 3.87. The molecular formula is C33H46N4O7. The second kappa shape index (κ2) is 13.4. The summed E-state index contributed by atoms with van der Waals surface area (Å²) in [5.41, 5.74) is -0.574. The lowest BCUT2D eigenvalue weighted by molar-refractivity contribution is -0.146. The number of nitrogens with one attached hydrogen (secondary N) is 2. The molecule has 5 atom stereocenters. The molecular weight excluding hydrogens is 564 g/mol. The number of amides is 3. The standard InChI is InChI=1S/C33H46N4O7/c1-7-22-18-33(22,30(40)41)35-28(38)25-17-24(44-36-26(20(2)3)21-13-9-8-10-14-21)19-37(25)29(39)27(32(4,5)6)34-31(42)43-23-15-11-12-16-23/h7-10,13-14,20,22-25,27H,1,11-12,15-19H2,2-6H3,(H,34,42)(H,35,38)(H,40,41)/b36-26+/t22-,24-,25+,27-,33+/m1/s1. The number of carbonyl (C=O) groups excluding carboxylic acids is 3. The first-order valence-electron chi connectivity index (χ1n) is 15.5. The van der Waals surface area contributed by atoms with E-state index in [0.29, 0.717) is 0 Å². The van der Waals surface area contributed by atoms with Gasteiger partial charge in [-0.05, 0) is 49.0 Å². The average molecular weight is 611 g/mol. The van der Waals surface area contributed by atoms with E-state index in [0.717, 1.165) is 37.0 Å². The first kappa shape index (κ1) is 33.0. The lowest BCUT2D eigenvalue weighted by Gasteiger charge is -2.35. The third kappa shape index (κ3) is 7.42. The lowest BCUT2D eigenvalue weighted by Crippen LogP contribution is -2.59. The minimum atomic E-state index is -1.46. The van der Waals surface area contributed by atoms with Gasteiger partial charge in [0.25, 0.3) is 0 Å². The molecule has 1 aliphatic heterocycles. The maximum atomic E-state index is 14.2. The molecule has 0 unspecified atom stereocenters. The fourth-order valence-electron chi connectivity index (χ4n) is 6.04. The van der Waals surface area contributed by atoms with Gasteiger partial charge in [-0.2, -0.15) is 0 Å². The Kier molecular flexibility index (Phi) is 10.1. The van der Waals surface area contributed by atoms with Crippen LogP contribution in [0.3, 0.4) is 0 Å². The number of rotatable bonds is 11. The molecule has 240 valence electrons. The highest BCUT2D eigenvalue weighted by molar-refractivity contribution is 6.01. The van der Waals surface area contributed by atoms with Gasteiger partial charge in [-0.3, -0.25) is 9.59 Å². The topological polar surface area (TPSA) is 147 Å². The number of carboxylic acid groups (broad SMARTS) is 1. The molecule has 11 nitrogen and oxygen atoms in total. The number of alkyl carbamates (subject to hydrolysis) is 1. The highest BCUT2D eigenvalue weighted by Crippen LogP contribution is 2.45. The van der Waals surface area contributed by atoms with Crippen LogP contribution in [0.25, 0.3) is 0 Å². The van der Waals surface area contributed by atoms with Gasteiger partial charge in [0, 0.05) is 12.3 Å². The van der Waals surface area contributed by atoms with Crippen molar-refractivity contribution in [2.75, 3.05) is 6.54 Å². The number of ether oxygens (including phenoxy) is 1. The molecule has 3 fully saturated rings. The van der Waals surface area contributed by atoms with E-state index < -0.39 is 58.9 Å². The van der Waals surface area contributed by atoms with Gasteiger partial charge in [0.05, 0.1) is 12.3 Å². The number of nitrogens with zero attached hydrogens (tertiary/aromatic N) is 2. The van der Waals surface area contributed by atoms with Crippen molar-refractivity contribution in [3.63, 3.8) is 0 Å². The van der Waals surface area contributed by atoms with Crippen molar-refractivity contribution < 1.29 is 33.9 Å². The second-order valence-corrected chi connectivity index (χ2v) is 13.5. The van der Waals surface area contributed by atoms with Gasteiger partial charge in [0.1, 0.15) is 29.8 Å². The highest BCUT2D eigenvalue weighted by atomic mass is 16.6. The summed E-state index contributed by atoms with van der Waals surface area (Å²) in [7, 11) is 0. The van der Waals surface area contributed by atoms with Gasteiger partial charge in [0.2, 0.25) is 11.8 Å². The summed E-state index contributed by atoms with van der Waals surface area (Å²) in [5.74, 6) is -2.62. The number of hydrogen-bond donors (Lipinski definition) is 3. The van der Waals surface area contributed by atoms with Crippen LogP contribution in [-0.2, 0) is 24.0 Å². The summed E-state index contributed by atoms with van der Waals surface area (Å²) in [6, 6.07) is 7.55. The SMILES string of the molecule is C=C[C@@H]1C[C@@]1(NC(=O)[C@@H]1C[C@@H](O/N=C(/c2ccccc2)C(C)C)CN1C(=O)[C@@H](NC(=O)OC1CCCC1)C(C)(C)C)C(=O)O. The van der Waals surface area contributed by atoms with E-state index in [9.17, 15) is 24.3 Å². The summed E-state index contributed by atoms with van der Waals surface area (Å²) in [6.45, 7) is 13.2. The summed E-state index contributed by atoms with van der Waals surface area (Å²) >= 11 is 0. The monoisotopic (exact) mass is 610 g/mol. The Morgan fingerprint density at radius 2 is 1.77 bits per heavy atom. The van der Waals surface area contributed by atoms with E-state index in [2.05, 4.69) is 22.4 Å². The van der Waals surface area contributed by atoms with Gasteiger partial charge in [0.15, 0.2) is 0 Å². The molecule has 1 aromatic carbocycles. The van der Waals surface area contributed by atoms with Crippen molar-refractivity contribution in [1.29, 1.82) is 0 Å². The van der Waals surface area contributed by atoms with E-state index in [1.165, 1.54) is 11.0 Å². The summed E-state index contributed by atoms with van der Waals surface area (Å²) in [5, 5.41) is 19.8. The van der Waals surface area contributed by atoms with Crippen molar-refractivity contribution >= 4 is 29.6 Å². The number of likely N-dealkylation sites (tertiary alicyclic amines) is 1. The van der Waals surface area contributed by atoms with Crippen LogP contribution < -0.4 is 10.6 Å². The number of aliphatic carboxylic acids is 1. The molecule has 0 bridgehead atoms. The van der Waals surface area contributed by atoms with Crippen LogP contribution in [0.2, 0.25) is 0 Å². The molecule has 1 aromatic rings. The van der Waals surface area contributed by atoms with Crippen LogP contribution in [-0.4, -0.2) is 76.0 Å². The fourth-order valence-corrected chi connectivity index (χ4v) is 6.04.